The van der Waals surface area contributed by atoms with E-state index < -0.39 is 0 Å². The summed E-state index contributed by atoms with van der Waals surface area (Å²) >= 11 is 0. The molecule has 1 rings (SSSR count). The molecule has 1 aromatic heterocycles. The molecule has 0 spiro atoms. The molecule has 0 aliphatic carbocycles. The number of aromatic nitrogens is 1. The highest BCUT2D eigenvalue weighted by molar-refractivity contribution is 5.51. The first kappa shape index (κ1) is 9.99. The third-order valence-corrected chi connectivity index (χ3v) is 2.21. The zero-order chi connectivity index (χ0) is 9.84. The van der Waals surface area contributed by atoms with Crippen LogP contribution in [0, 0.1) is 0 Å². The summed E-state index contributed by atoms with van der Waals surface area (Å²) in [5.41, 5.74) is 1.92. The van der Waals surface area contributed by atoms with Gasteiger partial charge in [0.05, 0.1) is 18.5 Å². The van der Waals surface area contributed by atoms with E-state index in [0.717, 1.165) is 11.3 Å². The van der Waals surface area contributed by atoms with Gasteiger partial charge in [-0.15, -0.1) is 0 Å². The molecule has 72 valence electrons. The molecule has 3 heteroatoms. The number of aliphatic hydroxyl groups excluding tert-OH is 1. The van der Waals surface area contributed by atoms with Crippen molar-refractivity contribution in [3.8, 4) is 0 Å². The van der Waals surface area contributed by atoms with Crippen molar-refractivity contribution in [3.05, 3.63) is 24.0 Å². The van der Waals surface area contributed by atoms with Gasteiger partial charge in [-0.1, -0.05) is 0 Å². The molecule has 0 aromatic carbocycles. The Morgan fingerprint density at radius 2 is 2.23 bits per heavy atom. The molecule has 0 aliphatic heterocycles. The molecule has 13 heavy (non-hydrogen) atoms. The summed E-state index contributed by atoms with van der Waals surface area (Å²) in [5, 5.41) is 9.09. The minimum atomic E-state index is 0.0644. The summed E-state index contributed by atoms with van der Waals surface area (Å²) in [6.07, 6.45) is 3.48. The average molecular weight is 180 g/mol. The third-order valence-electron chi connectivity index (χ3n) is 2.21. The summed E-state index contributed by atoms with van der Waals surface area (Å²) in [6.45, 7) is 4.28. The normalized spacial score (nSPS) is 10.5. The van der Waals surface area contributed by atoms with Crippen molar-refractivity contribution in [2.45, 2.75) is 26.5 Å². The summed E-state index contributed by atoms with van der Waals surface area (Å²) in [4.78, 5) is 6.14. The van der Waals surface area contributed by atoms with E-state index >= 15 is 0 Å². The molecular weight excluding hydrogens is 164 g/mol. The van der Waals surface area contributed by atoms with E-state index in [9.17, 15) is 0 Å². The van der Waals surface area contributed by atoms with Crippen molar-refractivity contribution in [1.29, 1.82) is 0 Å². The van der Waals surface area contributed by atoms with Gasteiger partial charge < -0.3 is 10.0 Å². The fourth-order valence-corrected chi connectivity index (χ4v) is 1.14. The summed E-state index contributed by atoms with van der Waals surface area (Å²) in [6, 6.07) is 2.25. The maximum Gasteiger partial charge on any atom is 0.0703 e. The van der Waals surface area contributed by atoms with Gasteiger partial charge in [0.25, 0.3) is 0 Å². The first-order valence-electron chi connectivity index (χ1n) is 4.43. The number of aliphatic hydroxyl groups is 1. The van der Waals surface area contributed by atoms with Crippen LogP contribution in [-0.4, -0.2) is 23.2 Å². The van der Waals surface area contributed by atoms with Crippen LogP contribution in [0.4, 0.5) is 5.69 Å². The largest absolute Gasteiger partial charge is 0.392 e. The third kappa shape index (κ3) is 2.18. The fourth-order valence-electron chi connectivity index (χ4n) is 1.14. The van der Waals surface area contributed by atoms with E-state index in [1.165, 1.54) is 0 Å². The second-order valence-corrected chi connectivity index (χ2v) is 3.37. The fraction of sp³-hybridized carbons (Fsp3) is 0.500. The number of hydrogen-bond donors (Lipinski definition) is 1. The lowest BCUT2D eigenvalue weighted by Gasteiger charge is -2.25. The van der Waals surface area contributed by atoms with E-state index in [1.807, 2.05) is 13.1 Å². The van der Waals surface area contributed by atoms with Crippen LogP contribution in [0.25, 0.3) is 0 Å². The molecule has 0 bridgehead atoms. The molecule has 0 atom stereocenters. The zero-order valence-electron chi connectivity index (χ0n) is 8.36. The van der Waals surface area contributed by atoms with Gasteiger partial charge in [0.1, 0.15) is 0 Å². The Bertz CT molecular complexity index is 273. The van der Waals surface area contributed by atoms with Crippen LogP contribution in [-0.2, 0) is 6.61 Å². The van der Waals surface area contributed by atoms with Gasteiger partial charge in [0.2, 0.25) is 0 Å². The van der Waals surface area contributed by atoms with Gasteiger partial charge in [-0.3, -0.25) is 4.98 Å². The van der Waals surface area contributed by atoms with Gasteiger partial charge >= 0.3 is 0 Å². The SMILES string of the molecule is CC(C)N(C)c1cnccc1CO. The summed E-state index contributed by atoms with van der Waals surface area (Å²) in [5.74, 6) is 0. The topological polar surface area (TPSA) is 36.4 Å². The van der Waals surface area contributed by atoms with Crippen molar-refractivity contribution in [1.82, 2.24) is 4.98 Å². The Morgan fingerprint density at radius 3 is 2.77 bits per heavy atom. The highest BCUT2D eigenvalue weighted by Crippen LogP contribution is 2.19. The van der Waals surface area contributed by atoms with Gasteiger partial charge in [-0.25, -0.2) is 0 Å². The molecule has 0 radical (unpaired) electrons. The molecule has 1 aromatic rings. The molecule has 0 saturated heterocycles. The maximum atomic E-state index is 9.09. The predicted octanol–water partition coefficient (Wildman–Crippen LogP) is 1.42. The minimum absolute atomic E-state index is 0.0644. The van der Waals surface area contributed by atoms with Gasteiger partial charge in [-0.2, -0.15) is 0 Å². The highest BCUT2D eigenvalue weighted by atomic mass is 16.3. The van der Waals surface area contributed by atoms with Crippen LogP contribution in [0.2, 0.25) is 0 Å². The van der Waals surface area contributed by atoms with Gasteiger partial charge in [0.15, 0.2) is 0 Å². The lowest BCUT2D eigenvalue weighted by molar-refractivity contribution is 0.282. The Morgan fingerprint density at radius 1 is 1.54 bits per heavy atom. The van der Waals surface area contributed by atoms with E-state index in [0.29, 0.717) is 6.04 Å². The molecule has 0 aliphatic rings. The lowest BCUT2D eigenvalue weighted by atomic mass is 10.2. The monoisotopic (exact) mass is 180 g/mol. The van der Waals surface area contributed by atoms with Crippen LogP contribution in [0.5, 0.6) is 0 Å². The Hall–Kier alpha value is -1.09. The van der Waals surface area contributed by atoms with E-state index in [1.54, 1.807) is 12.4 Å². The van der Waals surface area contributed by atoms with Gasteiger partial charge in [-0.05, 0) is 19.9 Å². The molecule has 0 amide bonds. The minimum Gasteiger partial charge on any atom is -0.392 e. The molecule has 0 fully saturated rings. The summed E-state index contributed by atoms with van der Waals surface area (Å²) in [7, 11) is 2.00. The van der Waals surface area contributed by atoms with Crippen molar-refractivity contribution in [2.75, 3.05) is 11.9 Å². The Balaban J connectivity index is 2.98. The molecule has 3 nitrogen and oxygen atoms in total. The molecule has 0 unspecified atom stereocenters. The quantitative estimate of drug-likeness (QED) is 0.764. The van der Waals surface area contributed by atoms with Crippen molar-refractivity contribution >= 4 is 5.69 Å². The van der Waals surface area contributed by atoms with Crippen molar-refractivity contribution < 1.29 is 5.11 Å². The number of hydrogen-bond acceptors (Lipinski definition) is 3. The Kier molecular flexibility index (Phi) is 3.25. The van der Waals surface area contributed by atoms with E-state index in [2.05, 4.69) is 23.7 Å². The molecule has 1 N–H and O–H groups in total. The van der Waals surface area contributed by atoms with Crippen LogP contribution < -0.4 is 4.90 Å². The Labute approximate surface area is 79.0 Å². The first-order valence-corrected chi connectivity index (χ1v) is 4.43. The number of anilines is 1. The molecular formula is C10H16N2O. The molecule has 1 heterocycles. The van der Waals surface area contributed by atoms with E-state index in [4.69, 9.17) is 5.11 Å². The second-order valence-electron chi connectivity index (χ2n) is 3.37. The van der Waals surface area contributed by atoms with Crippen LogP contribution in [0.15, 0.2) is 18.5 Å². The smallest absolute Gasteiger partial charge is 0.0703 e. The standard InChI is InChI=1S/C10H16N2O/c1-8(2)12(3)10-6-11-5-4-9(10)7-13/h4-6,8,13H,7H2,1-3H3. The van der Waals surface area contributed by atoms with Crippen LogP contribution in [0.3, 0.4) is 0 Å². The van der Waals surface area contributed by atoms with Crippen LogP contribution >= 0.6 is 0 Å². The maximum absolute atomic E-state index is 9.09. The van der Waals surface area contributed by atoms with Gasteiger partial charge in [0, 0.05) is 24.8 Å². The second kappa shape index (κ2) is 4.23. The summed E-state index contributed by atoms with van der Waals surface area (Å²) < 4.78 is 0. The average Bonchev–Trinajstić information content (AvgIpc) is 2.16. The van der Waals surface area contributed by atoms with Crippen molar-refractivity contribution in [3.63, 3.8) is 0 Å². The molecule has 0 saturated carbocycles. The highest BCUT2D eigenvalue weighted by Gasteiger charge is 2.08. The van der Waals surface area contributed by atoms with Crippen LogP contribution in [0.1, 0.15) is 19.4 Å². The predicted molar refractivity (Wildman–Crippen MR) is 53.7 cm³/mol. The number of nitrogens with zero attached hydrogens (tertiary/aromatic N) is 2. The van der Waals surface area contributed by atoms with Crippen molar-refractivity contribution in [2.24, 2.45) is 0 Å². The zero-order valence-corrected chi connectivity index (χ0v) is 8.36. The number of rotatable bonds is 3. The number of pyridine rings is 1. The first-order chi connectivity index (χ1) is 6.16. The lowest BCUT2D eigenvalue weighted by Crippen LogP contribution is -2.26. The van der Waals surface area contributed by atoms with E-state index in [-0.39, 0.29) is 6.61 Å².